The lowest BCUT2D eigenvalue weighted by molar-refractivity contribution is 0.0473. The normalized spacial score (nSPS) is 10.9. The lowest BCUT2D eigenvalue weighted by Crippen LogP contribution is -2.16. The van der Waals surface area contributed by atoms with Crippen LogP contribution >= 0.6 is 0 Å². The molecule has 27 heavy (non-hydrogen) atoms. The quantitative estimate of drug-likeness (QED) is 0.503. The molecule has 0 N–H and O–H groups in total. The van der Waals surface area contributed by atoms with E-state index in [1.807, 2.05) is 51.3 Å². The molecule has 2 aromatic heterocycles. The number of aromatic nitrogens is 2. The molecule has 0 aliphatic rings. The van der Waals surface area contributed by atoms with Crippen molar-refractivity contribution in [2.75, 3.05) is 6.61 Å². The van der Waals surface area contributed by atoms with E-state index in [9.17, 15) is 9.59 Å². The Hall–Kier alpha value is -3.15. The van der Waals surface area contributed by atoms with Crippen LogP contribution in [0.4, 0.5) is 0 Å². The maximum absolute atomic E-state index is 12.6. The van der Waals surface area contributed by atoms with Gasteiger partial charge in [0.05, 0.1) is 5.56 Å². The van der Waals surface area contributed by atoms with Crippen molar-refractivity contribution in [1.82, 2.24) is 9.72 Å². The number of nitrogens with zero attached hydrogens (tertiary/aromatic N) is 2. The van der Waals surface area contributed by atoms with Crippen molar-refractivity contribution in [2.24, 2.45) is 0 Å². The van der Waals surface area contributed by atoms with Gasteiger partial charge in [0.1, 0.15) is 5.76 Å². The standard InChI is InChI=1S/C21H22N2O4/c1-12-6-7-13(2)17(8-12)21(25)26-11-19(24)18-9-14(3)23(16(18)5)20-10-15(4)27-22-20/h6-10H,11H2,1-5H3. The van der Waals surface area contributed by atoms with Gasteiger partial charge in [-0.1, -0.05) is 22.9 Å². The topological polar surface area (TPSA) is 74.3 Å². The van der Waals surface area contributed by atoms with Crippen LogP contribution in [0.3, 0.4) is 0 Å². The summed E-state index contributed by atoms with van der Waals surface area (Å²) < 4.78 is 12.2. The zero-order valence-corrected chi connectivity index (χ0v) is 16.1. The van der Waals surface area contributed by atoms with Crippen LogP contribution in [-0.4, -0.2) is 28.1 Å². The Morgan fingerprint density at radius 3 is 2.44 bits per heavy atom. The van der Waals surface area contributed by atoms with Crippen LogP contribution in [0.5, 0.6) is 0 Å². The van der Waals surface area contributed by atoms with Gasteiger partial charge in [0.2, 0.25) is 5.78 Å². The van der Waals surface area contributed by atoms with Crippen LogP contribution in [0.2, 0.25) is 0 Å². The van der Waals surface area contributed by atoms with Gasteiger partial charge in [0, 0.05) is 23.0 Å². The summed E-state index contributed by atoms with van der Waals surface area (Å²) in [5.41, 5.74) is 4.34. The van der Waals surface area contributed by atoms with E-state index in [4.69, 9.17) is 9.26 Å². The number of rotatable bonds is 5. The van der Waals surface area contributed by atoms with Crippen molar-refractivity contribution in [1.29, 1.82) is 0 Å². The van der Waals surface area contributed by atoms with Gasteiger partial charge in [-0.2, -0.15) is 0 Å². The van der Waals surface area contributed by atoms with E-state index in [2.05, 4.69) is 5.16 Å². The zero-order chi connectivity index (χ0) is 19.7. The minimum atomic E-state index is -0.495. The maximum Gasteiger partial charge on any atom is 0.338 e. The van der Waals surface area contributed by atoms with Crippen LogP contribution in [0, 0.1) is 34.6 Å². The highest BCUT2D eigenvalue weighted by molar-refractivity contribution is 6.00. The number of ketones is 1. The van der Waals surface area contributed by atoms with Gasteiger partial charge in [0.15, 0.2) is 12.4 Å². The molecule has 2 heterocycles. The molecule has 1 aromatic carbocycles. The lowest BCUT2D eigenvalue weighted by Gasteiger charge is -2.08. The summed E-state index contributed by atoms with van der Waals surface area (Å²) in [5, 5.41) is 4.00. The molecule has 6 nitrogen and oxygen atoms in total. The monoisotopic (exact) mass is 366 g/mol. The smallest absolute Gasteiger partial charge is 0.338 e. The summed E-state index contributed by atoms with van der Waals surface area (Å²) in [6, 6.07) is 9.13. The Morgan fingerprint density at radius 1 is 1.04 bits per heavy atom. The highest BCUT2D eigenvalue weighted by Crippen LogP contribution is 2.21. The number of carbonyl (C=O) groups excluding carboxylic acids is 2. The maximum atomic E-state index is 12.6. The lowest BCUT2D eigenvalue weighted by atomic mass is 10.1. The van der Waals surface area contributed by atoms with Gasteiger partial charge >= 0.3 is 5.97 Å². The molecule has 0 aliphatic carbocycles. The average molecular weight is 366 g/mol. The Balaban J connectivity index is 1.77. The van der Waals surface area contributed by atoms with Crippen molar-refractivity contribution >= 4 is 11.8 Å². The Bertz CT molecular complexity index is 1030. The molecule has 3 aromatic rings. The first kappa shape index (κ1) is 18.6. The molecule has 6 heteroatoms. The second-order valence-electron chi connectivity index (χ2n) is 6.73. The fourth-order valence-corrected chi connectivity index (χ4v) is 3.10. The Morgan fingerprint density at radius 2 is 1.78 bits per heavy atom. The van der Waals surface area contributed by atoms with E-state index in [0.29, 0.717) is 22.7 Å². The SMILES string of the molecule is Cc1ccc(C)c(C(=O)OCC(=O)c2cc(C)n(-c3cc(C)on3)c2C)c1. The second kappa shape index (κ2) is 7.23. The van der Waals surface area contributed by atoms with Crippen LogP contribution in [-0.2, 0) is 4.74 Å². The summed E-state index contributed by atoms with van der Waals surface area (Å²) in [4.78, 5) is 25.0. The van der Waals surface area contributed by atoms with Gasteiger partial charge < -0.3 is 9.26 Å². The molecular weight excluding hydrogens is 344 g/mol. The summed E-state index contributed by atoms with van der Waals surface area (Å²) in [6.07, 6.45) is 0. The van der Waals surface area contributed by atoms with Crippen molar-refractivity contribution in [3.63, 3.8) is 0 Å². The number of benzene rings is 1. The number of Topliss-reactive ketones (excluding diaryl/α,β-unsaturated/α-hetero) is 1. The van der Waals surface area contributed by atoms with Gasteiger partial charge in [-0.3, -0.25) is 9.36 Å². The molecule has 0 saturated carbocycles. The van der Waals surface area contributed by atoms with E-state index in [0.717, 1.165) is 22.5 Å². The number of hydrogen-bond donors (Lipinski definition) is 0. The third-order valence-electron chi connectivity index (χ3n) is 4.52. The summed E-state index contributed by atoms with van der Waals surface area (Å²) >= 11 is 0. The van der Waals surface area contributed by atoms with E-state index < -0.39 is 5.97 Å². The molecule has 0 radical (unpaired) electrons. The number of carbonyl (C=O) groups is 2. The third kappa shape index (κ3) is 3.69. The van der Waals surface area contributed by atoms with Crippen molar-refractivity contribution in [2.45, 2.75) is 34.6 Å². The molecule has 0 spiro atoms. The van der Waals surface area contributed by atoms with Gasteiger partial charge in [-0.25, -0.2) is 4.79 Å². The molecule has 140 valence electrons. The molecule has 3 rings (SSSR count). The van der Waals surface area contributed by atoms with E-state index in [1.54, 1.807) is 18.2 Å². The van der Waals surface area contributed by atoms with Crippen LogP contribution in [0.1, 0.15) is 49.0 Å². The van der Waals surface area contributed by atoms with Gasteiger partial charge in [-0.05, 0) is 52.3 Å². The number of aryl methyl sites for hydroxylation is 4. The Labute approximate surface area is 157 Å². The minimum absolute atomic E-state index is 0.256. The zero-order valence-electron chi connectivity index (χ0n) is 16.1. The summed E-state index contributed by atoms with van der Waals surface area (Å²) in [7, 11) is 0. The second-order valence-corrected chi connectivity index (χ2v) is 6.73. The number of esters is 1. The van der Waals surface area contributed by atoms with Crippen molar-refractivity contribution in [3.8, 4) is 5.82 Å². The fraction of sp³-hybridized carbons (Fsp3) is 0.286. The van der Waals surface area contributed by atoms with Gasteiger partial charge in [-0.15, -0.1) is 0 Å². The first-order valence-corrected chi connectivity index (χ1v) is 8.68. The molecular formula is C21H22N2O4. The van der Waals surface area contributed by atoms with E-state index >= 15 is 0 Å². The first-order chi connectivity index (χ1) is 12.8. The van der Waals surface area contributed by atoms with Crippen LogP contribution in [0.25, 0.3) is 5.82 Å². The number of ether oxygens (including phenoxy) is 1. The molecule has 0 atom stereocenters. The minimum Gasteiger partial charge on any atom is -0.454 e. The van der Waals surface area contributed by atoms with E-state index in [-0.39, 0.29) is 12.4 Å². The van der Waals surface area contributed by atoms with Crippen LogP contribution < -0.4 is 0 Å². The third-order valence-corrected chi connectivity index (χ3v) is 4.52. The summed E-state index contributed by atoms with van der Waals surface area (Å²) in [6.45, 7) is 8.96. The molecule has 0 amide bonds. The van der Waals surface area contributed by atoms with E-state index in [1.165, 1.54) is 0 Å². The van der Waals surface area contributed by atoms with Crippen LogP contribution in [0.15, 0.2) is 34.9 Å². The Kier molecular flexibility index (Phi) is 4.99. The molecule has 0 aliphatic heterocycles. The first-order valence-electron chi connectivity index (χ1n) is 8.68. The highest BCUT2D eigenvalue weighted by Gasteiger charge is 2.20. The highest BCUT2D eigenvalue weighted by atomic mass is 16.5. The largest absolute Gasteiger partial charge is 0.454 e. The molecule has 0 fully saturated rings. The predicted octanol–water partition coefficient (Wildman–Crippen LogP) is 4.05. The van der Waals surface area contributed by atoms with Crippen molar-refractivity contribution < 1.29 is 18.8 Å². The van der Waals surface area contributed by atoms with Crippen molar-refractivity contribution in [3.05, 3.63) is 69.7 Å². The average Bonchev–Trinajstić information content (AvgIpc) is 3.17. The number of hydrogen-bond acceptors (Lipinski definition) is 5. The molecule has 0 saturated heterocycles. The molecule has 0 unspecified atom stereocenters. The fourth-order valence-electron chi connectivity index (χ4n) is 3.10. The van der Waals surface area contributed by atoms with Gasteiger partial charge in [0.25, 0.3) is 0 Å². The predicted molar refractivity (Wildman–Crippen MR) is 101 cm³/mol. The summed E-state index contributed by atoms with van der Waals surface area (Å²) in [5.74, 6) is 0.556. The molecule has 0 bridgehead atoms.